The van der Waals surface area contributed by atoms with Gasteiger partial charge in [-0.05, 0) is 31.6 Å². The first-order valence-electron chi connectivity index (χ1n) is 6.08. The molecule has 0 aliphatic heterocycles. The monoisotopic (exact) mass is 246 g/mol. The summed E-state index contributed by atoms with van der Waals surface area (Å²) in [6.45, 7) is 3.75. The maximum absolute atomic E-state index is 11.8. The summed E-state index contributed by atoms with van der Waals surface area (Å²) in [7, 11) is 1.89. The standard InChI is InChI=1S/C12H26N2OS/c1-4-11(7-8-13)5-6-12(15)14(2)9-10-16-3/h11H,4-10,13H2,1-3H3. The number of nitrogens with zero attached hydrogens (tertiary/aromatic N) is 1. The lowest BCUT2D eigenvalue weighted by Gasteiger charge is -2.18. The molecule has 0 aromatic rings. The smallest absolute Gasteiger partial charge is 0.222 e. The molecule has 0 rings (SSSR count). The Morgan fingerprint density at radius 2 is 2.12 bits per heavy atom. The summed E-state index contributed by atoms with van der Waals surface area (Å²) in [4.78, 5) is 13.6. The van der Waals surface area contributed by atoms with Crippen molar-refractivity contribution in [1.82, 2.24) is 4.90 Å². The van der Waals surface area contributed by atoms with Crippen LogP contribution in [-0.4, -0.2) is 43.0 Å². The Morgan fingerprint density at radius 3 is 2.62 bits per heavy atom. The summed E-state index contributed by atoms with van der Waals surface area (Å²) in [6.07, 6.45) is 5.88. The zero-order valence-electron chi connectivity index (χ0n) is 10.9. The fourth-order valence-corrected chi connectivity index (χ4v) is 2.12. The van der Waals surface area contributed by atoms with E-state index in [0.717, 1.165) is 38.1 Å². The average molecular weight is 246 g/mol. The number of carbonyl (C=O) groups is 1. The molecule has 16 heavy (non-hydrogen) atoms. The molecule has 0 aliphatic rings. The first kappa shape index (κ1) is 15.8. The Bertz CT molecular complexity index is 188. The zero-order valence-corrected chi connectivity index (χ0v) is 11.7. The summed E-state index contributed by atoms with van der Waals surface area (Å²) in [5.41, 5.74) is 5.54. The van der Waals surface area contributed by atoms with Crippen LogP contribution in [0.5, 0.6) is 0 Å². The van der Waals surface area contributed by atoms with Gasteiger partial charge in [-0.3, -0.25) is 4.79 Å². The van der Waals surface area contributed by atoms with E-state index in [2.05, 4.69) is 13.2 Å². The van der Waals surface area contributed by atoms with Crippen molar-refractivity contribution in [2.24, 2.45) is 11.7 Å². The van der Waals surface area contributed by atoms with Crippen LogP contribution in [0.3, 0.4) is 0 Å². The molecule has 4 heteroatoms. The minimum atomic E-state index is 0.268. The van der Waals surface area contributed by atoms with E-state index >= 15 is 0 Å². The number of hydrogen-bond donors (Lipinski definition) is 1. The van der Waals surface area contributed by atoms with Crippen molar-refractivity contribution in [2.45, 2.75) is 32.6 Å². The van der Waals surface area contributed by atoms with Gasteiger partial charge >= 0.3 is 0 Å². The lowest BCUT2D eigenvalue weighted by atomic mass is 9.96. The Labute approximate surface area is 104 Å². The summed E-state index contributed by atoms with van der Waals surface area (Å²) in [5.74, 6) is 1.90. The van der Waals surface area contributed by atoms with Crippen LogP contribution in [0.25, 0.3) is 0 Å². The first-order valence-corrected chi connectivity index (χ1v) is 7.48. The SMILES string of the molecule is CCC(CCN)CCC(=O)N(C)CCSC. The molecule has 0 heterocycles. The highest BCUT2D eigenvalue weighted by atomic mass is 32.2. The highest BCUT2D eigenvalue weighted by molar-refractivity contribution is 7.98. The molecule has 1 atom stereocenters. The van der Waals surface area contributed by atoms with Gasteiger partial charge < -0.3 is 10.6 Å². The molecule has 0 aliphatic carbocycles. The van der Waals surface area contributed by atoms with Crippen LogP contribution >= 0.6 is 11.8 Å². The highest BCUT2D eigenvalue weighted by Crippen LogP contribution is 2.15. The van der Waals surface area contributed by atoms with Gasteiger partial charge in [-0.2, -0.15) is 11.8 Å². The van der Waals surface area contributed by atoms with Crippen molar-refractivity contribution in [3.8, 4) is 0 Å². The van der Waals surface area contributed by atoms with E-state index in [-0.39, 0.29) is 5.91 Å². The molecule has 1 unspecified atom stereocenters. The van der Waals surface area contributed by atoms with Gasteiger partial charge in [0.25, 0.3) is 0 Å². The maximum atomic E-state index is 11.8. The molecule has 3 nitrogen and oxygen atoms in total. The van der Waals surface area contributed by atoms with E-state index < -0.39 is 0 Å². The molecule has 0 aromatic carbocycles. The lowest BCUT2D eigenvalue weighted by molar-refractivity contribution is -0.129. The van der Waals surface area contributed by atoms with Crippen molar-refractivity contribution in [2.75, 3.05) is 32.1 Å². The van der Waals surface area contributed by atoms with E-state index in [1.807, 2.05) is 11.9 Å². The third-order valence-corrected chi connectivity index (χ3v) is 3.57. The second-order valence-electron chi connectivity index (χ2n) is 4.20. The van der Waals surface area contributed by atoms with E-state index in [1.165, 1.54) is 0 Å². The highest BCUT2D eigenvalue weighted by Gasteiger charge is 2.11. The first-order chi connectivity index (χ1) is 7.65. The second kappa shape index (κ2) is 9.97. The van der Waals surface area contributed by atoms with Crippen LogP contribution in [0.4, 0.5) is 0 Å². The Morgan fingerprint density at radius 1 is 1.44 bits per heavy atom. The van der Waals surface area contributed by atoms with Crippen LogP contribution in [-0.2, 0) is 4.79 Å². The summed E-state index contributed by atoms with van der Waals surface area (Å²) in [5, 5.41) is 0. The average Bonchev–Trinajstić information content (AvgIpc) is 2.30. The molecular weight excluding hydrogens is 220 g/mol. The van der Waals surface area contributed by atoms with Gasteiger partial charge in [-0.1, -0.05) is 13.3 Å². The van der Waals surface area contributed by atoms with Gasteiger partial charge in [0.2, 0.25) is 5.91 Å². The number of hydrogen-bond acceptors (Lipinski definition) is 3. The normalized spacial score (nSPS) is 12.5. The molecule has 0 saturated heterocycles. The Hall–Kier alpha value is -0.220. The van der Waals surface area contributed by atoms with E-state index in [9.17, 15) is 4.79 Å². The van der Waals surface area contributed by atoms with Crippen LogP contribution in [0.1, 0.15) is 32.6 Å². The lowest BCUT2D eigenvalue weighted by Crippen LogP contribution is -2.29. The van der Waals surface area contributed by atoms with Crippen molar-refractivity contribution >= 4 is 17.7 Å². The van der Waals surface area contributed by atoms with Crippen molar-refractivity contribution in [3.63, 3.8) is 0 Å². The zero-order chi connectivity index (χ0) is 12.4. The molecule has 1 amide bonds. The molecule has 96 valence electrons. The fraction of sp³-hybridized carbons (Fsp3) is 0.917. The number of carbonyl (C=O) groups excluding carboxylic acids is 1. The molecule has 0 saturated carbocycles. The van der Waals surface area contributed by atoms with Crippen molar-refractivity contribution in [1.29, 1.82) is 0 Å². The molecule has 0 bridgehead atoms. The Kier molecular flexibility index (Phi) is 9.83. The molecule has 0 radical (unpaired) electrons. The molecule has 2 N–H and O–H groups in total. The second-order valence-corrected chi connectivity index (χ2v) is 5.18. The van der Waals surface area contributed by atoms with Gasteiger partial charge in [0.15, 0.2) is 0 Å². The minimum absolute atomic E-state index is 0.268. The quantitative estimate of drug-likeness (QED) is 0.676. The fourth-order valence-electron chi connectivity index (χ4n) is 1.66. The minimum Gasteiger partial charge on any atom is -0.345 e. The van der Waals surface area contributed by atoms with Gasteiger partial charge in [-0.25, -0.2) is 0 Å². The van der Waals surface area contributed by atoms with Crippen LogP contribution in [0, 0.1) is 5.92 Å². The van der Waals surface area contributed by atoms with Gasteiger partial charge in [-0.15, -0.1) is 0 Å². The summed E-state index contributed by atoms with van der Waals surface area (Å²) < 4.78 is 0. The van der Waals surface area contributed by atoms with E-state index in [1.54, 1.807) is 11.8 Å². The largest absolute Gasteiger partial charge is 0.345 e. The third-order valence-electron chi connectivity index (χ3n) is 2.98. The van der Waals surface area contributed by atoms with E-state index in [0.29, 0.717) is 12.3 Å². The summed E-state index contributed by atoms with van der Waals surface area (Å²) in [6, 6.07) is 0. The van der Waals surface area contributed by atoms with Gasteiger partial charge in [0.05, 0.1) is 0 Å². The predicted molar refractivity (Wildman–Crippen MR) is 72.7 cm³/mol. The maximum Gasteiger partial charge on any atom is 0.222 e. The molecule has 0 spiro atoms. The van der Waals surface area contributed by atoms with Crippen molar-refractivity contribution in [3.05, 3.63) is 0 Å². The number of amides is 1. The summed E-state index contributed by atoms with van der Waals surface area (Å²) >= 11 is 1.77. The van der Waals surface area contributed by atoms with Crippen LogP contribution in [0.15, 0.2) is 0 Å². The number of rotatable bonds is 9. The molecule has 0 fully saturated rings. The van der Waals surface area contributed by atoms with Gasteiger partial charge in [0.1, 0.15) is 0 Å². The van der Waals surface area contributed by atoms with Crippen LogP contribution in [0.2, 0.25) is 0 Å². The van der Waals surface area contributed by atoms with Gasteiger partial charge in [0, 0.05) is 25.8 Å². The topological polar surface area (TPSA) is 46.3 Å². The predicted octanol–water partition coefficient (Wildman–Crippen LogP) is 1.96. The van der Waals surface area contributed by atoms with Crippen LogP contribution < -0.4 is 5.73 Å². The third kappa shape index (κ3) is 7.12. The van der Waals surface area contributed by atoms with E-state index in [4.69, 9.17) is 5.73 Å². The van der Waals surface area contributed by atoms with Crippen molar-refractivity contribution < 1.29 is 4.79 Å². The molecule has 0 aromatic heterocycles. The Balaban J connectivity index is 3.76. The number of nitrogens with two attached hydrogens (primary N) is 1. The molecular formula is C12H26N2OS. The number of thioether (sulfide) groups is 1.